The Morgan fingerprint density at radius 2 is 2.00 bits per heavy atom. The maximum atomic E-state index is 6.26. The van der Waals surface area contributed by atoms with Crippen LogP contribution >= 0.6 is 11.6 Å². The number of nitrogens with one attached hydrogen (secondary N) is 1. The molecule has 0 amide bonds. The largest absolute Gasteiger partial charge is 0.486 e. The van der Waals surface area contributed by atoms with E-state index in [1.165, 1.54) is 0 Å². The molecule has 5 heteroatoms. The van der Waals surface area contributed by atoms with Gasteiger partial charge in [0.05, 0.1) is 11.6 Å². The van der Waals surface area contributed by atoms with Crippen molar-refractivity contribution < 1.29 is 14.2 Å². The number of hydrogen-bond donors (Lipinski definition) is 1. The standard InChI is InChI=1S/C17H18ClNO3/c1-20-11-13-4-2-3-5-15(13)19-10-12-8-14(18)17-16(9-12)21-6-7-22-17/h2-5,8-9,19H,6-7,10-11H2,1H3. The van der Waals surface area contributed by atoms with E-state index >= 15 is 0 Å². The average Bonchev–Trinajstić information content (AvgIpc) is 2.54. The van der Waals surface area contributed by atoms with Crippen LogP contribution in [0.25, 0.3) is 0 Å². The summed E-state index contributed by atoms with van der Waals surface area (Å²) in [5.41, 5.74) is 3.21. The topological polar surface area (TPSA) is 39.7 Å². The highest BCUT2D eigenvalue weighted by Crippen LogP contribution is 2.38. The summed E-state index contributed by atoms with van der Waals surface area (Å²) >= 11 is 6.26. The number of halogens is 1. The van der Waals surface area contributed by atoms with Gasteiger partial charge in [0, 0.05) is 24.9 Å². The number of methoxy groups -OCH3 is 1. The third-order valence-electron chi connectivity index (χ3n) is 3.46. The number of ether oxygens (including phenoxy) is 3. The van der Waals surface area contributed by atoms with Gasteiger partial charge in [0.15, 0.2) is 11.5 Å². The summed E-state index contributed by atoms with van der Waals surface area (Å²) in [4.78, 5) is 0. The molecule has 0 saturated carbocycles. The van der Waals surface area contributed by atoms with Gasteiger partial charge in [-0.3, -0.25) is 0 Å². The van der Waals surface area contributed by atoms with Crippen LogP contribution in [0.15, 0.2) is 36.4 Å². The van der Waals surface area contributed by atoms with Gasteiger partial charge < -0.3 is 19.5 Å². The molecule has 0 bridgehead atoms. The molecule has 0 radical (unpaired) electrons. The van der Waals surface area contributed by atoms with E-state index in [9.17, 15) is 0 Å². The van der Waals surface area contributed by atoms with Crippen molar-refractivity contribution >= 4 is 17.3 Å². The van der Waals surface area contributed by atoms with Crippen LogP contribution in [0.3, 0.4) is 0 Å². The van der Waals surface area contributed by atoms with Crippen LogP contribution in [0, 0.1) is 0 Å². The van der Waals surface area contributed by atoms with Crippen LogP contribution in [0.2, 0.25) is 5.02 Å². The molecule has 0 spiro atoms. The van der Waals surface area contributed by atoms with Crippen molar-refractivity contribution in [3.8, 4) is 11.5 Å². The maximum Gasteiger partial charge on any atom is 0.179 e. The van der Waals surface area contributed by atoms with Crippen LogP contribution in [-0.4, -0.2) is 20.3 Å². The smallest absolute Gasteiger partial charge is 0.179 e. The molecule has 1 heterocycles. The summed E-state index contributed by atoms with van der Waals surface area (Å²) in [6.45, 7) is 2.31. The lowest BCUT2D eigenvalue weighted by atomic mass is 10.1. The fourth-order valence-corrected chi connectivity index (χ4v) is 2.73. The van der Waals surface area contributed by atoms with Gasteiger partial charge >= 0.3 is 0 Å². The third-order valence-corrected chi connectivity index (χ3v) is 3.74. The maximum absolute atomic E-state index is 6.26. The molecule has 2 aromatic carbocycles. The summed E-state index contributed by atoms with van der Waals surface area (Å²) in [5.74, 6) is 1.34. The Labute approximate surface area is 135 Å². The number of hydrogen-bond acceptors (Lipinski definition) is 4. The Hall–Kier alpha value is -1.91. The predicted octanol–water partition coefficient (Wildman–Crippen LogP) is 3.87. The monoisotopic (exact) mass is 319 g/mol. The second-order valence-corrected chi connectivity index (χ2v) is 5.45. The van der Waals surface area contributed by atoms with Crippen molar-refractivity contribution in [1.29, 1.82) is 0 Å². The Balaban J connectivity index is 1.76. The van der Waals surface area contributed by atoms with E-state index in [-0.39, 0.29) is 0 Å². The second kappa shape index (κ2) is 6.90. The molecule has 0 aromatic heterocycles. The van der Waals surface area contributed by atoms with E-state index in [0.717, 1.165) is 16.8 Å². The van der Waals surface area contributed by atoms with Crippen LogP contribution in [0.1, 0.15) is 11.1 Å². The van der Waals surface area contributed by atoms with Gasteiger partial charge in [0.2, 0.25) is 0 Å². The van der Waals surface area contributed by atoms with E-state index < -0.39 is 0 Å². The van der Waals surface area contributed by atoms with Gasteiger partial charge in [0.25, 0.3) is 0 Å². The first-order valence-electron chi connectivity index (χ1n) is 7.16. The Kier molecular flexibility index (Phi) is 4.71. The number of para-hydroxylation sites is 1. The second-order valence-electron chi connectivity index (χ2n) is 5.05. The lowest BCUT2D eigenvalue weighted by Crippen LogP contribution is -2.16. The highest BCUT2D eigenvalue weighted by molar-refractivity contribution is 6.32. The van der Waals surface area contributed by atoms with Crippen molar-refractivity contribution in [3.63, 3.8) is 0 Å². The lowest BCUT2D eigenvalue weighted by Gasteiger charge is -2.20. The molecule has 1 aliphatic heterocycles. The number of fused-ring (bicyclic) bond motifs is 1. The molecule has 22 heavy (non-hydrogen) atoms. The fourth-order valence-electron chi connectivity index (χ4n) is 2.44. The summed E-state index contributed by atoms with van der Waals surface area (Å²) in [7, 11) is 1.69. The van der Waals surface area contributed by atoms with Crippen LogP contribution in [0.5, 0.6) is 11.5 Å². The Bertz CT molecular complexity index is 660. The Morgan fingerprint density at radius 3 is 2.86 bits per heavy atom. The summed E-state index contributed by atoms with van der Waals surface area (Å²) in [6, 6.07) is 11.9. The molecule has 0 unspecified atom stereocenters. The molecule has 2 aromatic rings. The highest BCUT2D eigenvalue weighted by Gasteiger charge is 2.16. The van der Waals surface area contributed by atoms with Crippen molar-refractivity contribution in [1.82, 2.24) is 0 Å². The molecule has 0 atom stereocenters. The number of rotatable bonds is 5. The zero-order valence-corrected chi connectivity index (χ0v) is 13.2. The molecular formula is C17H18ClNO3. The summed E-state index contributed by atoms with van der Waals surface area (Å²) in [5, 5.41) is 4.00. The van der Waals surface area contributed by atoms with Gasteiger partial charge in [-0.2, -0.15) is 0 Å². The minimum absolute atomic E-state index is 0.536. The molecule has 1 N–H and O–H groups in total. The summed E-state index contributed by atoms with van der Waals surface area (Å²) < 4.78 is 16.3. The van der Waals surface area contributed by atoms with Crippen molar-refractivity contribution in [2.45, 2.75) is 13.2 Å². The minimum atomic E-state index is 0.536. The van der Waals surface area contributed by atoms with E-state index in [0.29, 0.717) is 42.9 Å². The highest BCUT2D eigenvalue weighted by atomic mass is 35.5. The van der Waals surface area contributed by atoms with Crippen LogP contribution in [-0.2, 0) is 17.9 Å². The van der Waals surface area contributed by atoms with E-state index in [4.69, 9.17) is 25.8 Å². The molecule has 0 saturated heterocycles. The molecule has 3 rings (SSSR count). The SMILES string of the molecule is COCc1ccccc1NCc1cc(Cl)c2c(c1)OCCO2. The molecule has 1 aliphatic rings. The quantitative estimate of drug-likeness (QED) is 0.908. The van der Waals surface area contributed by atoms with Crippen LogP contribution < -0.4 is 14.8 Å². The lowest BCUT2D eigenvalue weighted by molar-refractivity contribution is 0.171. The zero-order chi connectivity index (χ0) is 15.4. The molecule has 0 aliphatic carbocycles. The van der Waals surface area contributed by atoms with E-state index in [1.807, 2.05) is 36.4 Å². The third kappa shape index (κ3) is 3.29. The molecule has 4 nitrogen and oxygen atoms in total. The van der Waals surface area contributed by atoms with Crippen molar-refractivity contribution in [3.05, 3.63) is 52.5 Å². The number of anilines is 1. The molecule has 0 fully saturated rings. The zero-order valence-electron chi connectivity index (χ0n) is 12.4. The van der Waals surface area contributed by atoms with E-state index in [2.05, 4.69) is 5.32 Å². The first kappa shape index (κ1) is 15.0. The van der Waals surface area contributed by atoms with E-state index in [1.54, 1.807) is 7.11 Å². The van der Waals surface area contributed by atoms with Crippen molar-refractivity contribution in [2.75, 3.05) is 25.6 Å². The van der Waals surface area contributed by atoms with Gasteiger partial charge in [0.1, 0.15) is 13.2 Å². The van der Waals surface area contributed by atoms with Gasteiger partial charge in [-0.25, -0.2) is 0 Å². The van der Waals surface area contributed by atoms with Crippen LogP contribution in [0.4, 0.5) is 5.69 Å². The minimum Gasteiger partial charge on any atom is -0.486 e. The number of benzene rings is 2. The first-order valence-corrected chi connectivity index (χ1v) is 7.54. The van der Waals surface area contributed by atoms with Gasteiger partial charge in [-0.15, -0.1) is 0 Å². The molecule has 116 valence electrons. The fraction of sp³-hybridized carbons (Fsp3) is 0.294. The van der Waals surface area contributed by atoms with Crippen molar-refractivity contribution in [2.24, 2.45) is 0 Å². The van der Waals surface area contributed by atoms with Gasteiger partial charge in [-0.1, -0.05) is 29.8 Å². The summed E-state index contributed by atoms with van der Waals surface area (Å²) in [6.07, 6.45) is 0. The Morgan fingerprint density at radius 1 is 1.18 bits per heavy atom. The van der Waals surface area contributed by atoms with Gasteiger partial charge in [-0.05, 0) is 23.8 Å². The molecular weight excluding hydrogens is 302 g/mol. The average molecular weight is 320 g/mol. The predicted molar refractivity (Wildman–Crippen MR) is 86.9 cm³/mol. The first-order chi connectivity index (χ1) is 10.8. The normalized spacial score (nSPS) is 13.0.